The second-order valence-electron chi connectivity index (χ2n) is 4.87. The molecule has 1 unspecified atom stereocenters. The summed E-state index contributed by atoms with van der Waals surface area (Å²) in [7, 11) is 0. The maximum atomic E-state index is 5.84. The maximum absolute atomic E-state index is 5.84. The molecule has 5 heteroatoms. The first-order chi connectivity index (χ1) is 7.46. The van der Waals surface area contributed by atoms with Gasteiger partial charge in [-0.15, -0.1) is 0 Å². The molecule has 1 aromatic rings. The molecule has 0 aromatic carbocycles. The van der Waals surface area contributed by atoms with Crippen LogP contribution in [0.5, 0.6) is 0 Å². The molecule has 1 atom stereocenters. The van der Waals surface area contributed by atoms with Crippen molar-refractivity contribution in [3.63, 3.8) is 0 Å². The highest BCUT2D eigenvalue weighted by Crippen LogP contribution is 2.24. The van der Waals surface area contributed by atoms with Crippen molar-refractivity contribution in [2.24, 2.45) is 0 Å². The van der Waals surface area contributed by atoms with E-state index in [9.17, 15) is 0 Å². The largest absolute Gasteiger partial charge is 0.384 e. The number of hydrogen-bond acceptors (Lipinski definition) is 5. The number of nitrogen functional groups attached to an aromatic ring is 1. The summed E-state index contributed by atoms with van der Waals surface area (Å²) in [4.78, 5) is 10.3. The van der Waals surface area contributed by atoms with Crippen LogP contribution in [0.4, 0.5) is 11.6 Å². The predicted molar refractivity (Wildman–Crippen MR) is 63.3 cm³/mol. The Hall–Kier alpha value is -1.36. The van der Waals surface area contributed by atoms with Gasteiger partial charge in [0.05, 0.1) is 11.7 Å². The Kier molecular flexibility index (Phi) is 2.71. The van der Waals surface area contributed by atoms with Crippen molar-refractivity contribution in [2.75, 3.05) is 23.7 Å². The molecule has 2 heterocycles. The lowest BCUT2D eigenvalue weighted by Gasteiger charge is -2.42. The predicted octanol–water partition coefficient (Wildman–Crippen LogP) is 1.06. The number of ether oxygens (including phenoxy) is 1. The van der Waals surface area contributed by atoms with E-state index in [4.69, 9.17) is 10.5 Å². The summed E-state index contributed by atoms with van der Waals surface area (Å²) in [6, 6.07) is 1.80. The van der Waals surface area contributed by atoms with Gasteiger partial charge in [0.25, 0.3) is 0 Å². The van der Waals surface area contributed by atoms with Gasteiger partial charge in [0.1, 0.15) is 18.0 Å². The van der Waals surface area contributed by atoms with Crippen molar-refractivity contribution in [1.82, 2.24) is 9.97 Å². The lowest BCUT2D eigenvalue weighted by atomic mass is 10.1. The molecule has 0 bridgehead atoms. The van der Waals surface area contributed by atoms with Crippen LogP contribution in [0, 0.1) is 0 Å². The summed E-state index contributed by atoms with van der Waals surface area (Å²) < 4.78 is 5.84. The number of rotatable bonds is 1. The Morgan fingerprint density at radius 1 is 1.50 bits per heavy atom. The summed E-state index contributed by atoms with van der Waals surface area (Å²) >= 11 is 0. The number of hydrogen-bond donors (Lipinski definition) is 1. The Morgan fingerprint density at radius 2 is 2.25 bits per heavy atom. The molecular formula is C11H18N4O. The molecule has 1 fully saturated rings. The van der Waals surface area contributed by atoms with Gasteiger partial charge in [-0.05, 0) is 20.8 Å². The molecule has 5 nitrogen and oxygen atoms in total. The molecule has 88 valence electrons. The zero-order valence-corrected chi connectivity index (χ0v) is 9.97. The van der Waals surface area contributed by atoms with Crippen molar-refractivity contribution < 1.29 is 4.74 Å². The molecule has 16 heavy (non-hydrogen) atoms. The fraction of sp³-hybridized carbons (Fsp3) is 0.636. The van der Waals surface area contributed by atoms with E-state index in [1.165, 1.54) is 6.33 Å². The Balaban J connectivity index is 2.21. The van der Waals surface area contributed by atoms with E-state index in [1.807, 2.05) is 0 Å². The minimum atomic E-state index is -0.155. The fourth-order valence-corrected chi connectivity index (χ4v) is 2.16. The van der Waals surface area contributed by atoms with Crippen LogP contribution in [0.25, 0.3) is 0 Å². The average molecular weight is 222 g/mol. The molecule has 0 radical (unpaired) electrons. The first-order valence-electron chi connectivity index (χ1n) is 5.46. The van der Waals surface area contributed by atoms with Crippen LogP contribution in [0.15, 0.2) is 12.4 Å². The van der Waals surface area contributed by atoms with Crippen LogP contribution in [0.2, 0.25) is 0 Å². The molecule has 0 aliphatic carbocycles. The minimum absolute atomic E-state index is 0.155. The summed E-state index contributed by atoms with van der Waals surface area (Å²) in [6.07, 6.45) is 1.69. The van der Waals surface area contributed by atoms with E-state index in [0.29, 0.717) is 5.82 Å². The van der Waals surface area contributed by atoms with Gasteiger partial charge in [0, 0.05) is 19.2 Å². The normalized spacial score (nSPS) is 24.4. The van der Waals surface area contributed by atoms with Crippen molar-refractivity contribution in [3.8, 4) is 0 Å². The topological polar surface area (TPSA) is 64.3 Å². The third kappa shape index (κ3) is 2.41. The van der Waals surface area contributed by atoms with Crippen molar-refractivity contribution in [3.05, 3.63) is 12.4 Å². The number of nitrogens with two attached hydrogens (primary N) is 1. The van der Waals surface area contributed by atoms with Crippen molar-refractivity contribution in [1.29, 1.82) is 0 Å². The standard InChI is InChI=1S/C11H18N4O/c1-8-5-15(6-11(2,3)16-8)10-4-9(12)13-7-14-10/h4,7-8H,5-6H2,1-3H3,(H2,12,13,14). The summed E-state index contributed by atoms with van der Waals surface area (Å²) in [5.74, 6) is 1.37. The van der Waals surface area contributed by atoms with E-state index in [1.54, 1.807) is 6.07 Å². The lowest BCUT2D eigenvalue weighted by molar-refractivity contribution is -0.0751. The Morgan fingerprint density at radius 3 is 2.88 bits per heavy atom. The average Bonchev–Trinajstić information content (AvgIpc) is 2.14. The molecule has 0 saturated carbocycles. The first-order valence-corrected chi connectivity index (χ1v) is 5.46. The molecule has 0 spiro atoms. The maximum Gasteiger partial charge on any atom is 0.134 e. The zero-order valence-electron chi connectivity index (χ0n) is 9.97. The van der Waals surface area contributed by atoms with Gasteiger partial charge in [0.2, 0.25) is 0 Å². The van der Waals surface area contributed by atoms with E-state index in [2.05, 4.69) is 35.6 Å². The summed E-state index contributed by atoms with van der Waals surface area (Å²) in [5.41, 5.74) is 5.50. The monoisotopic (exact) mass is 222 g/mol. The number of aromatic nitrogens is 2. The van der Waals surface area contributed by atoms with Crippen LogP contribution < -0.4 is 10.6 Å². The van der Waals surface area contributed by atoms with Gasteiger partial charge < -0.3 is 15.4 Å². The van der Waals surface area contributed by atoms with Gasteiger partial charge in [-0.1, -0.05) is 0 Å². The zero-order chi connectivity index (χ0) is 11.8. The van der Waals surface area contributed by atoms with Gasteiger partial charge in [0.15, 0.2) is 0 Å². The highest BCUT2D eigenvalue weighted by atomic mass is 16.5. The molecule has 1 aliphatic heterocycles. The highest BCUT2D eigenvalue weighted by molar-refractivity contribution is 5.46. The molecular weight excluding hydrogens is 204 g/mol. The molecule has 1 saturated heterocycles. The van der Waals surface area contributed by atoms with Crippen molar-refractivity contribution in [2.45, 2.75) is 32.5 Å². The summed E-state index contributed by atoms with van der Waals surface area (Å²) in [6.45, 7) is 7.88. The van der Waals surface area contributed by atoms with Crippen LogP contribution in [0.1, 0.15) is 20.8 Å². The Bertz CT molecular complexity index is 380. The van der Waals surface area contributed by atoms with Crippen LogP contribution >= 0.6 is 0 Å². The third-order valence-corrected chi connectivity index (χ3v) is 2.57. The van der Waals surface area contributed by atoms with Gasteiger partial charge in [-0.3, -0.25) is 0 Å². The quantitative estimate of drug-likeness (QED) is 0.769. The fourth-order valence-electron chi connectivity index (χ4n) is 2.16. The molecule has 0 amide bonds. The first kappa shape index (κ1) is 11.1. The number of nitrogens with zero attached hydrogens (tertiary/aromatic N) is 3. The molecule has 1 aliphatic rings. The SMILES string of the molecule is CC1CN(c2cc(N)ncn2)CC(C)(C)O1. The van der Waals surface area contributed by atoms with E-state index >= 15 is 0 Å². The second-order valence-corrected chi connectivity index (χ2v) is 4.87. The van der Waals surface area contributed by atoms with E-state index in [0.717, 1.165) is 18.9 Å². The molecule has 2 rings (SSSR count). The van der Waals surface area contributed by atoms with Crippen LogP contribution in [0.3, 0.4) is 0 Å². The number of morpholine rings is 1. The van der Waals surface area contributed by atoms with Crippen molar-refractivity contribution >= 4 is 11.6 Å². The lowest BCUT2D eigenvalue weighted by Crippen LogP contribution is -2.52. The second kappa shape index (κ2) is 3.90. The highest BCUT2D eigenvalue weighted by Gasteiger charge is 2.31. The molecule has 2 N–H and O–H groups in total. The van der Waals surface area contributed by atoms with Gasteiger partial charge in [-0.25, -0.2) is 9.97 Å². The van der Waals surface area contributed by atoms with Crippen LogP contribution in [-0.4, -0.2) is 34.8 Å². The van der Waals surface area contributed by atoms with E-state index < -0.39 is 0 Å². The van der Waals surface area contributed by atoms with Gasteiger partial charge >= 0.3 is 0 Å². The van der Waals surface area contributed by atoms with Gasteiger partial charge in [-0.2, -0.15) is 0 Å². The van der Waals surface area contributed by atoms with E-state index in [-0.39, 0.29) is 11.7 Å². The number of anilines is 2. The minimum Gasteiger partial charge on any atom is -0.384 e. The Labute approximate surface area is 95.6 Å². The van der Waals surface area contributed by atoms with Crippen LogP contribution in [-0.2, 0) is 4.74 Å². The molecule has 1 aromatic heterocycles. The third-order valence-electron chi connectivity index (χ3n) is 2.57. The summed E-state index contributed by atoms with van der Waals surface area (Å²) in [5, 5.41) is 0. The smallest absolute Gasteiger partial charge is 0.134 e.